The van der Waals surface area contributed by atoms with E-state index in [1.165, 1.54) is 17.7 Å². The fourth-order valence-electron chi connectivity index (χ4n) is 3.22. The first-order valence-corrected chi connectivity index (χ1v) is 9.95. The van der Waals surface area contributed by atoms with Gasteiger partial charge in [0.1, 0.15) is 0 Å². The molecule has 2 aromatic rings. The van der Waals surface area contributed by atoms with Gasteiger partial charge in [0, 0.05) is 49.6 Å². The molecule has 1 saturated heterocycles. The summed E-state index contributed by atoms with van der Waals surface area (Å²) in [5, 5.41) is 14.0. The summed E-state index contributed by atoms with van der Waals surface area (Å²) in [6, 6.07) is 14.1. The highest BCUT2D eigenvalue weighted by molar-refractivity contribution is 7.80. The molecule has 0 saturated carbocycles. The summed E-state index contributed by atoms with van der Waals surface area (Å²) in [5.74, 6) is 0.211. The molecule has 0 bridgehead atoms. The summed E-state index contributed by atoms with van der Waals surface area (Å²) >= 11 is 5.42. The molecule has 8 heteroatoms. The molecular weight excluding hydrogens is 388 g/mol. The summed E-state index contributed by atoms with van der Waals surface area (Å²) in [7, 11) is 0. The molecule has 1 aliphatic rings. The van der Waals surface area contributed by atoms with Gasteiger partial charge >= 0.3 is 0 Å². The number of amides is 1. The Bertz CT molecular complexity index is 889. The van der Waals surface area contributed by atoms with Crippen LogP contribution in [-0.4, -0.2) is 47.0 Å². The van der Waals surface area contributed by atoms with Gasteiger partial charge in [-0.1, -0.05) is 26.0 Å². The van der Waals surface area contributed by atoms with Crippen LogP contribution in [0.15, 0.2) is 48.5 Å². The molecule has 1 heterocycles. The lowest BCUT2D eigenvalue weighted by atomic mass is 10.0. The number of carbonyl (C=O) groups is 1. The van der Waals surface area contributed by atoms with Crippen LogP contribution in [0.2, 0.25) is 0 Å². The predicted molar refractivity (Wildman–Crippen MR) is 117 cm³/mol. The lowest BCUT2D eigenvalue weighted by molar-refractivity contribution is -0.384. The first-order valence-electron chi connectivity index (χ1n) is 9.55. The summed E-state index contributed by atoms with van der Waals surface area (Å²) < 4.78 is 0. The van der Waals surface area contributed by atoms with E-state index >= 15 is 0 Å². The fourth-order valence-corrected chi connectivity index (χ4v) is 3.50. The molecule has 0 atom stereocenters. The number of non-ortho nitro benzene ring substituents is 1. The van der Waals surface area contributed by atoms with Gasteiger partial charge in [-0.15, -0.1) is 0 Å². The number of nitro benzene ring substituents is 1. The van der Waals surface area contributed by atoms with Crippen LogP contribution >= 0.6 is 12.2 Å². The van der Waals surface area contributed by atoms with Gasteiger partial charge in [-0.25, -0.2) is 0 Å². The lowest BCUT2D eigenvalue weighted by Crippen LogP contribution is -2.52. The molecule has 1 N–H and O–H groups in total. The second-order valence-corrected chi connectivity index (χ2v) is 7.67. The van der Waals surface area contributed by atoms with Gasteiger partial charge in [0.2, 0.25) is 0 Å². The van der Waals surface area contributed by atoms with E-state index in [9.17, 15) is 14.9 Å². The third-order valence-electron chi connectivity index (χ3n) is 5.05. The van der Waals surface area contributed by atoms with Crippen molar-refractivity contribution in [2.45, 2.75) is 19.8 Å². The Morgan fingerprint density at radius 1 is 1.03 bits per heavy atom. The maximum Gasteiger partial charge on any atom is 0.269 e. The summed E-state index contributed by atoms with van der Waals surface area (Å²) in [6.45, 7) is 7.00. The molecule has 0 aliphatic carbocycles. The minimum atomic E-state index is -0.404. The van der Waals surface area contributed by atoms with E-state index in [1.54, 1.807) is 12.1 Å². The van der Waals surface area contributed by atoms with Crippen LogP contribution in [-0.2, 0) is 0 Å². The molecule has 0 aromatic heterocycles. The van der Waals surface area contributed by atoms with Gasteiger partial charge < -0.3 is 9.80 Å². The van der Waals surface area contributed by atoms with Gasteiger partial charge in [-0.2, -0.15) is 0 Å². The standard InChI is InChI=1S/C21H24N4O3S/c1-15(2)16-3-5-17(6-4-16)20(26)22-21(29)24-13-11-23(12-14-24)18-7-9-19(10-8-18)25(27)28/h3-10,15H,11-14H2,1-2H3,(H,22,26,29). The molecule has 152 valence electrons. The van der Waals surface area contributed by atoms with Crippen molar-refractivity contribution in [3.05, 3.63) is 69.8 Å². The van der Waals surface area contributed by atoms with E-state index < -0.39 is 4.92 Å². The number of nitrogens with one attached hydrogen (secondary N) is 1. The minimum Gasteiger partial charge on any atom is -0.368 e. The smallest absolute Gasteiger partial charge is 0.269 e. The maximum absolute atomic E-state index is 12.5. The Kier molecular flexibility index (Phi) is 6.43. The lowest BCUT2D eigenvalue weighted by Gasteiger charge is -2.37. The van der Waals surface area contributed by atoms with Gasteiger partial charge in [-0.3, -0.25) is 20.2 Å². The number of thiocarbonyl (C=S) groups is 1. The first kappa shape index (κ1) is 20.7. The molecule has 1 aliphatic heterocycles. The first-order chi connectivity index (χ1) is 13.8. The molecule has 1 fully saturated rings. The number of hydrogen-bond acceptors (Lipinski definition) is 5. The van der Waals surface area contributed by atoms with Crippen LogP contribution in [0, 0.1) is 10.1 Å². The van der Waals surface area contributed by atoms with E-state index in [0.717, 1.165) is 18.8 Å². The van der Waals surface area contributed by atoms with Crippen molar-refractivity contribution in [3.8, 4) is 0 Å². The quantitative estimate of drug-likeness (QED) is 0.470. The molecule has 0 unspecified atom stereocenters. The fraction of sp³-hybridized carbons (Fsp3) is 0.333. The molecule has 29 heavy (non-hydrogen) atoms. The highest BCUT2D eigenvalue weighted by Crippen LogP contribution is 2.21. The van der Waals surface area contributed by atoms with Gasteiger partial charge in [-0.05, 0) is 48.0 Å². The Balaban J connectivity index is 1.53. The van der Waals surface area contributed by atoms with Crippen LogP contribution in [0.25, 0.3) is 0 Å². The SMILES string of the molecule is CC(C)c1ccc(C(=O)NC(=S)N2CCN(c3ccc([N+](=O)[O-])cc3)CC2)cc1. The Hall–Kier alpha value is -3.00. The van der Waals surface area contributed by atoms with Crippen LogP contribution < -0.4 is 10.2 Å². The molecular formula is C21H24N4O3S. The van der Waals surface area contributed by atoms with Gasteiger partial charge in [0.15, 0.2) is 5.11 Å². The van der Waals surface area contributed by atoms with Crippen molar-refractivity contribution < 1.29 is 9.72 Å². The van der Waals surface area contributed by atoms with Crippen molar-refractivity contribution in [2.24, 2.45) is 0 Å². The van der Waals surface area contributed by atoms with Crippen molar-refractivity contribution in [1.82, 2.24) is 10.2 Å². The molecule has 7 nitrogen and oxygen atoms in total. The summed E-state index contributed by atoms with van der Waals surface area (Å²) in [4.78, 5) is 27.0. The molecule has 0 spiro atoms. The van der Waals surface area contributed by atoms with Crippen LogP contribution in [0.1, 0.15) is 35.7 Å². The monoisotopic (exact) mass is 412 g/mol. The highest BCUT2D eigenvalue weighted by Gasteiger charge is 2.21. The Morgan fingerprint density at radius 3 is 2.14 bits per heavy atom. The van der Waals surface area contributed by atoms with Gasteiger partial charge in [0.25, 0.3) is 11.6 Å². The number of carbonyl (C=O) groups excluding carboxylic acids is 1. The number of anilines is 1. The van der Waals surface area contributed by atoms with E-state index in [1.807, 2.05) is 29.2 Å². The second-order valence-electron chi connectivity index (χ2n) is 7.28. The summed E-state index contributed by atoms with van der Waals surface area (Å²) in [6.07, 6.45) is 0. The zero-order valence-corrected chi connectivity index (χ0v) is 17.3. The third-order valence-corrected chi connectivity index (χ3v) is 5.41. The van der Waals surface area contributed by atoms with E-state index in [0.29, 0.717) is 29.7 Å². The molecule has 0 radical (unpaired) electrons. The Morgan fingerprint density at radius 2 is 1.62 bits per heavy atom. The number of rotatable bonds is 4. The minimum absolute atomic E-state index is 0.0812. The van der Waals surface area contributed by atoms with E-state index in [2.05, 4.69) is 24.1 Å². The van der Waals surface area contributed by atoms with Crippen molar-refractivity contribution in [1.29, 1.82) is 0 Å². The van der Waals surface area contributed by atoms with E-state index in [4.69, 9.17) is 12.2 Å². The van der Waals surface area contributed by atoms with Crippen molar-refractivity contribution in [2.75, 3.05) is 31.1 Å². The Labute approximate surface area is 175 Å². The molecule has 1 amide bonds. The van der Waals surface area contributed by atoms with E-state index in [-0.39, 0.29) is 11.6 Å². The number of benzene rings is 2. The number of piperazine rings is 1. The van der Waals surface area contributed by atoms with Crippen molar-refractivity contribution >= 4 is 34.6 Å². The zero-order chi connectivity index (χ0) is 21.0. The zero-order valence-electron chi connectivity index (χ0n) is 16.5. The third kappa shape index (κ3) is 5.08. The second kappa shape index (κ2) is 9.00. The number of hydrogen-bond donors (Lipinski definition) is 1. The number of nitrogens with zero attached hydrogens (tertiary/aromatic N) is 3. The number of nitro groups is 1. The summed E-state index contributed by atoms with van der Waals surface area (Å²) in [5.41, 5.74) is 2.79. The average Bonchev–Trinajstić information content (AvgIpc) is 2.74. The van der Waals surface area contributed by atoms with Crippen LogP contribution in [0.5, 0.6) is 0 Å². The van der Waals surface area contributed by atoms with Crippen LogP contribution in [0.4, 0.5) is 11.4 Å². The largest absolute Gasteiger partial charge is 0.368 e. The topological polar surface area (TPSA) is 78.7 Å². The maximum atomic E-state index is 12.5. The highest BCUT2D eigenvalue weighted by atomic mass is 32.1. The molecule has 2 aromatic carbocycles. The van der Waals surface area contributed by atoms with Crippen LogP contribution in [0.3, 0.4) is 0 Å². The average molecular weight is 413 g/mol. The normalized spacial score (nSPS) is 14.0. The molecule has 3 rings (SSSR count). The predicted octanol–water partition coefficient (Wildman–Crippen LogP) is 3.56. The van der Waals surface area contributed by atoms with Gasteiger partial charge in [0.05, 0.1) is 4.92 Å². The van der Waals surface area contributed by atoms with Crippen molar-refractivity contribution in [3.63, 3.8) is 0 Å².